The first-order valence-corrected chi connectivity index (χ1v) is 11.3. The van der Waals surface area contributed by atoms with Gasteiger partial charge < -0.3 is 15.0 Å². The summed E-state index contributed by atoms with van der Waals surface area (Å²) in [6, 6.07) is 28.2. The molecule has 32 heavy (non-hydrogen) atoms. The molecule has 1 fully saturated rings. The van der Waals surface area contributed by atoms with Gasteiger partial charge >= 0.3 is 0 Å². The number of hydrogen-bond acceptors (Lipinski definition) is 2. The smallest absolute Gasteiger partial charge is 0.227 e. The first kappa shape index (κ1) is 21.6. The molecule has 0 amide bonds. The van der Waals surface area contributed by atoms with Crippen molar-refractivity contribution in [2.24, 2.45) is 9.98 Å². The minimum absolute atomic E-state index is 0.748. The molecule has 0 unspecified atom stereocenters. The highest BCUT2D eigenvalue weighted by atomic mass is 16.5. The lowest BCUT2D eigenvalue weighted by Crippen LogP contribution is -2.32. The normalized spacial score (nSPS) is 15.2. The summed E-state index contributed by atoms with van der Waals surface area (Å²) in [5, 5.41) is 3.50. The third kappa shape index (κ3) is 5.97. The van der Waals surface area contributed by atoms with E-state index in [0.717, 1.165) is 60.4 Å². The lowest BCUT2D eigenvalue weighted by Gasteiger charge is -2.22. The average Bonchev–Trinajstić information content (AvgIpc) is 3.14. The van der Waals surface area contributed by atoms with Gasteiger partial charge in [-0.05, 0) is 49.2 Å². The Morgan fingerprint density at radius 1 is 0.781 bits per heavy atom. The van der Waals surface area contributed by atoms with Crippen LogP contribution in [0.1, 0.15) is 31.2 Å². The third-order valence-corrected chi connectivity index (χ3v) is 5.49. The number of nitrogens with one attached hydrogen (secondary N) is 1. The number of methoxy groups -OCH3 is 1. The zero-order chi connectivity index (χ0) is 22.0. The Kier molecular flexibility index (Phi) is 7.53. The number of anilines is 1. The molecule has 1 aliphatic heterocycles. The fraction of sp³-hybridized carbons (Fsp3) is 0.259. The fourth-order valence-electron chi connectivity index (χ4n) is 3.73. The highest BCUT2D eigenvalue weighted by Crippen LogP contribution is 2.19. The largest absolute Gasteiger partial charge is 0.497 e. The molecule has 5 nitrogen and oxygen atoms in total. The highest BCUT2D eigenvalue weighted by Gasteiger charge is 2.16. The van der Waals surface area contributed by atoms with Crippen LogP contribution in [0.3, 0.4) is 0 Å². The number of rotatable bonds is 4. The number of ether oxygens (including phenoxy) is 1. The van der Waals surface area contributed by atoms with E-state index in [1.807, 2.05) is 72.8 Å². The molecule has 0 radical (unpaired) electrons. The second kappa shape index (κ2) is 11.1. The predicted octanol–water partition coefficient (Wildman–Crippen LogP) is 6.12. The minimum atomic E-state index is 0.748. The van der Waals surface area contributed by atoms with E-state index >= 15 is 0 Å². The second-order valence-electron chi connectivity index (χ2n) is 7.83. The average molecular weight is 427 g/mol. The summed E-state index contributed by atoms with van der Waals surface area (Å²) in [6.07, 6.45) is 4.84. The molecule has 4 rings (SSSR count). The van der Waals surface area contributed by atoms with Crippen LogP contribution in [-0.4, -0.2) is 36.9 Å². The molecule has 0 spiro atoms. The van der Waals surface area contributed by atoms with E-state index < -0.39 is 0 Å². The van der Waals surface area contributed by atoms with E-state index in [2.05, 4.69) is 22.3 Å². The van der Waals surface area contributed by atoms with Crippen LogP contribution in [-0.2, 0) is 0 Å². The highest BCUT2D eigenvalue weighted by molar-refractivity contribution is 6.13. The molecule has 5 heteroatoms. The van der Waals surface area contributed by atoms with Crippen LogP contribution in [0.2, 0.25) is 0 Å². The zero-order valence-corrected chi connectivity index (χ0v) is 18.6. The molecule has 1 aliphatic rings. The third-order valence-electron chi connectivity index (χ3n) is 5.49. The van der Waals surface area contributed by atoms with Crippen LogP contribution in [0.4, 0.5) is 11.4 Å². The standard InChI is InChI=1S/C27H30N4O/c1-32-25-18-16-24(17-19-25)28-26(22-12-6-4-7-13-22)30-27(29-23-14-8-5-9-15-23)31-20-10-2-3-11-21-31/h4-9,12-19H,2-3,10-11,20-21H2,1H3,(H,28,29,30). The van der Waals surface area contributed by atoms with Crippen molar-refractivity contribution in [3.8, 4) is 5.75 Å². The molecule has 0 atom stereocenters. The van der Waals surface area contributed by atoms with Crippen molar-refractivity contribution in [2.75, 3.05) is 25.5 Å². The van der Waals surface area contributed by atoms with Crippen LogP contribution in [0, 0.1) is 0 Å². The van der Waals surface area contributed by atoms with Gasteiger partial charge in [-0.15, -0.1) is 0 Å². The molecular formula is C27H30N4O. The van der Waals surface area contributed by atoms with Crippen LogP contribution in [0.5, 0.6) is 5.75 Å². The zero-order valence-electron chi connectivity index (χ0n) is 18.6. The maximum absolute atomic E-state index is 5.30. The summed E-state index contributed by atoms with van der Waals surface area (Å²) in [6.45, 7) is 1.94. The molecule has 0 aliphatic carbocycles. The van der Waals surface area contributed by atoms with Gasteiger partial charge in [0.1, 0.15) is 11.6 Å². The van der Waals surface area contributed by atoms with E-state index in [9.17, 15) is 0 Å². The van der Waals surface area contributed by atoms with Gasteiger partial charge in [0.25, 0.3) is 0 Å². The van der Waals surface area contributed by atoms with Crippen LogP contribution < -0.4 is 10.1 Å². The molecule has 1 heterocycles. The number of para-hydroxylation sites is 1. The summed E-state index contributed by atoms with van der Waals surface area (Å²) in [7, 11) is 1.67. The van der Waals surface area contributed by atoms with Crippen molar-refractivity contribution < 1.29 is 4.74 Å². The summed E-state index contributed by atoms with van der Waals surface area (Å²) in [5.74, 6) is 2.34. The SMILES string of the molecule is COc1ccc(NC(=NC(=Nc2ccccc2)N2CCCCCC2)c2ccccc2)cc1. The number of aliphatic imine (C=N–C) groups is 2. The lowest BCUT2D eigenvalue weighted by molar-refractivity contribution is 0.415. The van der Waals surface area contributed by atoms with Gasteiger partial charge in [-0.1, -0.05) is 61.4 Å². The first-order chi connectivity index (χ1) is 15.8. The number of likely N-dealkylation sites (tertiary alicyclic amines) is 1. The van der Waals surface area contributed by atoms with Gasteiger partial charge in [0.2, 0.25) is 5.96 Å². The Labute approximate surface area is 190 Å². The van der Waals surface area contributed by atoms with Crippen molar-refractivity contribution in [3.05, 3.63) is 90.5 Å². The molecule has 3 aromatic rings. The van der Waals surface area contributed by atoms with Crippen LogP contribution in [0.15, 0.2) is 94.9 Å². The lowest BCUT2D eigenvalue weighted by atomic mass is 10.2. The Hall–Kier alpha value is -3.60. The van der Waals surface area contributed by atoms with Crippen molar-refractivity contribution in [1.82, 2.24) is 4.90 Å². The number of amidine groups is 1. The van der Waals surface area contributed by atoms with E-state index in [4.69, 9.17) is 14.7 Å². The molecule has 0 bridgehead atoms. The molecule has 0 aromatic heterocycles. The van der Waals surface area contributed by atoms with Crippen molar-refractivity contribution in [3.63, 3.8) is 0 Å². The Morgan fingerprint density at radius 2 is 1.41 bits per heavy atom. The molecule has 1 N–H and O–H groups in total. The minimum Gasteiger partial charge on any atom is -0.497 e. The van der Waals surface area contributed by atoms with Crippen LogP contribution in [0.25, 0.3) is 0 Å². The van der Waals surface area contributed by atoms with E-state index in [1.54, 1.807) is 7.11 Å². The van der Waals surface area contributed by atoms with Gasteiger partial charge in [0.05, 0.1) is 12.8 Å². The summed E-state index contributed by atoms with van der Waals surface area (Å²) >= 11 is 0. The van der Waals surface area contributed by atoms with Gasteiger partial charge in [0, 0.05) is 24.3 Å². The molecule has 0 saturated carbocycles. The number of benzene rings is 3. The molecule has 1 saturated heterocycles. The van der Waals surface area contributed by atoms with Gasteiger partial charge in [0.15, 0.2) is 0 Å². The fourth-order valence-corrected chi connectivity index (χ4v) is 3.73. The Bertz CT molecular complexity index is 1020. The van der Waals surface area contributed by atoms with Gasteiger partial charge in [-0.2, -0.15) is 4.99 Å². The van der Waals surface area contributed by atoms with Crippen LogP contribution >= 0.6 is 0 Å². The quantitative estimate of drug-likeness (QED) is 0.404. The van der Waals surface area contributed by atoms with E-state index in [0.29, 0.717) is 0 Å². The first-order valence-electron chi connectivity index (χ1n) is 11.3. The summed E-state index contributed by atoms with van der Waals surface area (Å²) < 4.78 is 5.30. The van der Waals surface area contributed by atoms with E-state index in [1.165, 1.54) is 12.8 Å². The van der Waals surface area contributed by atoms with E-state index in [-0.39, 0.29) is 0 Å². The second-order valence-corrected chi connectivity index (χ2v) is 7.83. The maximum Gasteiger partial charge on any atom is 0.227 e. The van der Waals surface area contributed by atoms with Crippen molar-refractivity contribution in [2.45, 2.75) is 25.7 Å². The number of guanidine groups is 1. The van der Waals surface area contributed by atoms with Gasteiger partial charge in [-0.25, -0.2) is 4.99 Å². The summed E-state index contributed by atoms with van der Waals surface area (Å²) in [4.78, 5) is 12.4. The van der Waals surface area contributed by atoms with Crippen molar-refractivity contribution in [1.29, 1.82) is 0 Å². The Morgan fingerprint density at radius 3 is 2.03 bits per heavy atom. The molecular weight excluding hydrogens is 396 g/mol. The maximum atomic E-state index is 5.30. The van der Waals surface area contributed by atoms with Crippen molar-refractivity contribution >= 4 is 23.2 Å². The molecule has 164 valence electrons. The predicted molar refractivity (Wildman–Crippen MR) is 133 cm³/mol. The monoisotopic (exact) mass is 426 g/mol. The van der Waals surface area contributed by atoms with Gasteiger partial charge in [-0.3, -0.25) is 0 Å². The number of nitrogens with zero attached hydrogens (tertiary/aromatic N) is 3. The summed E-state index contributed by atoms with van der Waals surface area (Å²) in [5.41, 5.74) is 2.87. The molecule has 3 aromatic carbocycles. The number of hydrogen-bond donors (Lipinski definition) is 1. The Balaban J connectivity index is 1.74. The topological polar surface area (TPSA) is 49.2 Å².